The van der Waals surface area contributed by atoms with Gasteiger partial charge in [0.1, 0.15) is 0 Å². The first-order chi connectivity index (χ1) is 9.27. The zero-order valence-electron chi connectivity index (χ0n) is 12.3. The van der Waals surface area contributed by atoms with Gasteiger partial charge in [-0.3, -0.25) is 0 Å². The van der Waals surface area contributed by atoms with Gasteiger partial charge in [0.05, 0.1) is 0 Å². The van der Waals surface area contributed by atoms with Gasteiger partial charge in [0, 0.05) is 19.5 Å². The van der Waals surface area contributed by atoms with Crippen LogP contribution < -0.4 is 0 Å². The summed E-state index contributed by atoms with van der Waals surface area (Å²) < 4.78 is 0. The molecule has 0 aromatic heterocycles. The van der Waals surface area contributed by atoms with Crippen LogP contribution in [-0.4, -0.2) is 0 Å². The van der Waals surface area contributed by atoms with Gasteiger partial charge in [-0.1, -0.05) is 43.8 Å². The van der Waals surface area contributed by atoms with E-state index >= 15 is 0 Å². The van der Waals surface area contributed by atoms with E-state index < -0.39 is 0 Å². The van der Waals surface area contributed by atoms with Gasteiger partial charge in [-0.2, -0.15) is 30.3 Å². The summed E-state index contributed by atoms with van der Waals surface area (Å²) >= 11 is 0. The van der Waals surface area contributed by atoms with Gasteiger partial charge in [0.25, 0.3) is 0 Å². The first-order valence-corrected chi connectivity index (χ1v) is 6.66. The molecule has 0 saturated heterocycles. The first-order valence-electron chi connectivity index (χ1n) is 6.66. The molecule has 0 aliphatic heterocycles. The fraction of sp³-hybridized carbons (Fsp3) is 0.158. The number of hydrogen-bond acceptors (Lipinski definition) is 0. The van der Waals surface area contributed by atoms with Gasteiger partial charge in [-0.05, 0) is 35.6 Å². The fourth-order valence-corrected chi connectivity index (χ4v) is 2.32. The average molecular weight is 313 g/mol. The van der Waals surface area contributed by atoms with E-state index in [0.717, 1.165) is 6.42 Å². The summed E-state index contributed by atoms with van der Waals surface area (Å²) in [6, 6.07) is 19.8. The Balaban J connectivity index is 0.00000200. The summed E-state index contributed by atoms with van der Waals surface area (Å²) in [7, 11) is 0. The van der Waals surface area contributed by atoms with E-state index in [0.29, 0.717) is 0 Å². The van der Waals surface area contributed by atoms with Crippen LogP contribution in [0, 0.1) is 6.07 Å². The van der Waals surface area contributed by atoms with Gasteiger partial charge in [-0.25, -0.2) is 0 Å². The Hall–Kier alpha value is -1.46. The van der Waals surface area contributed by atoms with Crippen molar-refractivity contribution in [3.05, 3.63) is 89.5 Å². The number of aryl methyl sites for hydroxylation is 1. The molecule has 0 amide bonds. The molecule has 0 atom stereocenters. The van der Waals surface area contributed by atoms with Crippen LogP contribution in [0.5, 0.6) is 0 Å². The van der Waals surface area contributed by atoms with Crippen LogP contribution in [-0.2, 0) is 25.9 Å². The van der Waals surface area contributed by atoms with E-state index in [9.17, 15) is 0 Å². The predicted molar refractivity (Wildman–Crippen MR) is 83.0 cm³/mol. The van der Waals surface area contributed by atoms with Crippen LogP contribution in [0.2, 0.25) is 0 Å². The molecule has 0 radical (unpaired) electrons. The molecule has 0 bridgehead atoms. The van der Waals surface area contributed by atoms with Gasteiger partial charge < -0.3 is 0 Å². The van der Waals surface area contributed by atoms with Crippen molar-refractivity contribution < 1.29 is 19.5 Å². The van der Waals surface area contributed by atoms with Gasteiger partial charge in [0.15, 0.2) is 0 Å². The van der Waals surface area contributed by atoms with E-state index in [1.165, 1.54) is 27.8 Å². The number of benzene rings is 2. The molecule has 0 aliphatic carbocycles. The minimum atomic E-state index is 0. The molecule has 0 spiro atoms. The Morgan fingerprint density at radius 1 is 1.15 bits per heavy atom. The molecular formula is C19H19Zn-. The van der Waals surface area contributed by atoms with E-state index in [-0.39, 0.29) is 19.5 Å². The van der Waals surface area contributed by atoms with Crippen molar-refractivity contribution in [2.24, 2.45) is 0 Å². The molecule has 0 fully saturated rings. The van der Waals surface area contributed by atoms with Crippen molar-refractivity contribution in [1.29, 1.82) is 0 Å². The quantitative estimate of drug-likeness (QED) is 0.421. The maximum absolute atomic E-state index is 3.92. The van der Waals surface area contributed by atoms with Crippen molar-refractivity contribution in [2.45, 2.75) is 20.3 Å². The van der Waals surface area contributed by atoms with Crippen molar-refractivity contribution in [3.63, 3.8) is 0 Å². The molecular weight excluding hydrogens is 294 g/mol. The van der Waals surface area contributed by atoms with Crippen LogP contribution in [0.15, 0.2) is 66.8 Å². The molecule has 0 saturated carbocycles. The first kappa shape index (κ1) is 16.6. The molecule has 2 aromatic rings. The van der Waals surface area contributed by atoms with E-state index in [4.69, 9.17) is 0 Å². The van der Waals surface area contributed by atoms with Gasteiger partial charge in [-0.15, -0.1) is 5.56 Å². The average Bonchev–Trinajstić information content (AvgIpc) is 2.49. The van der Waals surface area contributed by atoms with E-state index in [1.54, 1.807) is 0 Å². The molecule has 2 aromatic carbocycles. The predicted octanol–water partition coefficient (Wildman–Crippen LogP) is 5.05. The smallest absolute Gasteiger partial charge is 0 e. The summed E-state index contributed by atoms with van der Waals surface area (Å²) in [5.74, 6) is 0. The van der Waals surface area contributed by atoms with E-state index in [1.807, 2.05) is 18.2 Å². The minimum absolute atomic E-state index is 0. The standard InChI is InChI=1S/C19H19.Zn/c1-4-15(3)19(17-12-7-6-8-13-17)18-14-10-9-11-16(18)5-2;/h4,7-14H,1,5H2,2-3H3;/q-1;/b19-15+;. The Morgan fingerprint density at radius 3 is 2.40 bits per heavy atom. The minimum Gasteiger partial charge on any atom is -0.184 e. The summed E-state index contributed by atoms with van der Waals surface area (Å²) in [5.41, 5.74) is 6.35. The summed E-state index contributed by atoms with van der Waals surface area (Å²) in [5, 5.41) is 0. The third-order valence-electron chi connectivity index (χ3n) is 3.38. The van der Waals surface area contributed by atoms with E-state index in [2.05, 4.69) is 62.9 Å². The van der Waals surface area contributed by atoms with Crippen molar-refractivity contribution >= 4 is 5.57 Å². The van der Waals surface area contributed by atoms with Crippen molar-refractivity contribution in [2.75, 3.05) is 0 Å². The molecule has 20 heavy (non-hydrogen) atoms. The topological polar surface area (TPSA) is 0 Å². The molecule has 0 aliphatic rings. The van der Waals surface area contributed by atoms with Gasteiger partial charge in [0.2, 0.25) is 0 Å². The maximum Gasteiger partial charge on any atom is 0 e. The number of hydrogen-bond donors (Lipinski definition) is 0. The van der Waals surface area contributed by atoms with Crippen LogP contribution in [0.1, 0.15) is 30.5 Å². The normalized spacial score (nSPS) is 11.3. The Labute approximate surface area is 135 Å². The zero-order valence-corrected chi connectivity index (χ0v) is 15.3. The largest absolute Gasteiger partial charge is 0.184 e. The SMILES string of the molecule is C=C/C(C)=C(\c1cc[c-]cc1)c1ccccc1CC.[Zn]. The second kappa shape index (κ2) is 7.97. The number of allylic oxidation sites excluding steroid dienone is 2. The van der Waals surface area contributed by atoms with Crippen LogP contribution in [0.4, 0.5) is 0 Å². The maximum atomic E-state index is 3.92. The fourth-order valence-electron chi connectivity index (χ4n) is 2.32. The Bertz CT molecular complexity index is 594. The molecule has 1 heteroatoms. The van der Waals surface area contributed by atoms with Gasteiger partial charge >= 0.3 is 0 Å². The van der Waals surface area contributed by atoms with Crippen LogP contribution >= 0.6 is 0 Å². The monoisotopic (exact) mass is 311 g/mol. The van der Waals surface area contributed by atoms with Crippen molar-refractivity contribution in [3.8, 4) is 0 Å². The third kappa shape index (κ3) is 3.55. The third-order valence-corrected chi connectivity index (χ3v) is 3.38. The summed E-state index contributed by atoms with van der Waals surface area (Å²) in [6.45, 7) is 8.23. The van der Waals surface area contributed by atoms with Crippen LogP contribution in [0.25, 0.3) is 5.57 Å². The van der Waals surface area contributed by atoms with Crippen LogP contribution in [0.3, 0.4) is 0 Å². The summed E-state index contributed by atoms with van der Waals surface area (Å²) in [6.07, 6.45) is 2.96. The Kier molecular flexibility index (Phi) is 6.61. The molecule has 2 rings (SSSR count). The molecule has 0 heterocycles. The molecule has 98 valence electrons. The summed E-state index contributed by atoms with van der Waals surface area (Å²) in [4.78, 5) is 0. The Morgan fingerprint density at radius 2 is 1.80 bits per heavy atom. The second-order valence-electron chi connectivity index (χ2n) is 4.56. The zero-order chi connectivity index (χ0) is 13.7. The molecule has 0 N–H and O–H groups in total. The second-order valence-corrected chi connectivity index (χ2v) is 4.56. The molecule has 0 unspecified atom stereocenters. The number of rotatable bonds is 4. The van der Waals surface area contributed by atoms with Crippen molar-refractivity contribution in [1.82, 2.24) is 0 Å². The molecule has 0 nitrogen and oxygen atoms in total.